The normalized spacial score (nSPS) is 14.6. The van der Waals surface area contributed by atoms with Crippen LogP contribution in [0.25, 0.3) is 11.1 Å². The molecule has 2 aromatic heterocycles. The molecule has 8 nitrogen and oxygen atoms in total. The Hall–Kier alpha value is -3.55. The van der Waals surface area contributed by atoms with E-state index in [-0.39, 0.29) is 35.0 Å². The lowest BCUT2D eigenvalue weighted by Gasteiger charge is -2.17. The van der Waals surface area contributed by atoms with Gasteiger partial charge in [0, 0.05) is 17.5 Å². The summed E-state index contributed by atoms with van der Waals surface area (Å²) in [6.07, 6.45) is 3.59. The molecule has 33 heavy (non-hydrogen) atoms. The highest BCUT2D eigenvalue weighted by atomic mass is 16.5. The molecule has 0 bridgehead atoms. The summed E-state index contributed by atoms with van der Waals surface area (Å²) < 4.78 is 5.22. The summed E-state index contributed by atoms with van der Waals surface area (Å²) in [7, 11) is 0. The first-order valence-electron chi connectivity index (χ1n) is 11.1. The van der Waals surface area contributed by atoms with Crippen molar-refractivity contribution in [1.29, 1.82) is 0 Å². The van der Waals surface area contributed by atoms with Crippen molar-refractivity contribution in [2.75, 3.05) is 5.32 Å². The number of anilines is 1. The molecular formula is C25H29N5O3. The molecule has 2 amide bonds. The Kier molecular flexibility index (Phi) is 6.01. The number of carbonyl (C=O) groups excluding carboxylic acids is 2. The Morgan fingerprint density at radius 1 is 1.12 bits per heavy atom. The van der Waals surface area contributed by atoms with Crippen LogP contribution in [0.15, 0.2) is 41.1 Å². The zero-order valence-electron chi connectivity index (χ0n) is 19.6. The van der Waals surface area contributed by atoms with Gasteiger partial charge in [0.1, 0.15) is 5.82 Å². The lowest BCUT2D eigenvalue weighted by Crippen LogP contribution is -2.28. The molecule has 3 aromatic rings. The molecule has 0 saturated heterocycles. The van der Waals surface area contributed by atoms with E-state index in [2.05, 4.69) is 31.8 Å². The minimum atomic E-state index is -0.379. The third kappa shape index (κ3) is 5.27. The maximum Gasteiger partial charge on any atom is 0.293 e. The van der Waals surface area contributed by atoms with E-state index in [1.807, 2.05) is 58.9 Å². The molecule has 1 aliphatic carbocycles. The van der Waals surface area contributed by atoms with Gasteiger partial charge in [-0.1, -0.05) is 44.1 Å². The Balaban J connectivity index is 1.46. The van der Waals surface area contributed by atoms with Gasteiger partial charge < -0.3 is 15.2 Å². The predicted molar refractivity (Wildman–Crippen MR) is 125 cm³/mol. The summed E-state index contributed by atoms with van der Waals surface area (Å²) in [6, 6.07) is 9.60. The van der Waals surface area contributed by atoms with Crippen molar-refractivity contribution in [1.82, 2.24) is 20.4 Å². The summed E-state index contributed by atoms with van der Waals surface area (Å²) in [5.74, 6) is 0.787. The zero-order valence-corrected chi connectivity index (χ0v) is 19.6. The number of hydrogen-bond donors (Lipinski definition) is 2. The fourth-order valence-electron chi connectivity index (χ4n) is 3.55. The van der Waals surface area contributed by atoms with Crippen molar-refractivity contribution < 1.29 is 14.1 Å². The second-order valence-corrected chi connectivity index (χ2v) is 9.63. The number of rotatable bonds is 6. The van der Waals surface area contributed by atoms with Gasteiger partial charge in [-0.25, -0.2) is 4.98 Å². The van der Waals surface area contributed by atoms with Crippen LogP contribution in [0.5, 0.6) is 0 Å². The molecule has 1 saturated carbocycles. The SMILES string of the molecule is Cc1cc(-c2ccnc(NC(=O)C3CC3)c2)ccc1C(C)NC(=O)c1noc(C(C)(C)C)n1. The minimum absolute atomic E-state index is 0.0265. The summed E-state index contributed by atoms with van der Waals surface area (Å²) in [6.45, 7) is 9.76. The number of hydrogen-bond acceptors (Lipinski definition) is 6. The zero-order chi connectivity index (χ0) is 23.8. The number of aromatic nitrogens is 3. The summed E-state index contributed by atoms with van der Waals surface area (Å²) in [5, 5.41) is 9.65. The molecule has 0 aliphatic heterocycles. The highest BCUT2D eigenvalue weighted by Gasteiger charge is 2.30. The molecule has 1 fully saturated rings. The first-order valence-corrected chi connectivity index (χ1v) is 11.1. The standard InChI is InChI=1S/C25H29N5O3/c1-14-12-17(18-10-11-26-20(13-18)28-22(31)16-6-7-16)8-9-19(14)15(2)27-23(32)21-29-24(33-30-21)25(3,4)5/h8-13,15-16H,6-7H2,1-5H3,(H,27,32)(H,26,28,31). The third-order valence-corrected chi connectivity index (χ3v) is 5.65. The van der Waals surface area contributed by atoms with Gasteiger partial charge in [-0.3, -0.25) is 9.59 Å². The van der Waals surface area contributed by atoms with Gasteiger partial charge in [-0.2, -0.15) is 4.98 Å². The first kappa shape index (κ1) is 22.6. The molecule has 2 N–H and O–H groups in total. The van der Waals surface area contributed by atoms with Crippen molar-refractivity contribution in [3.8, 4) is 11.1 Å². The number of pyridine rings is 1. The molecule has 1 atom stereocenters. The smallest absolute Gasteiger partial charge is 0.293 e. The fraction of sp³-hybridized carbons (Fsp3) is 0.400. The van der Waals surface area contributed by atoms with Crippen LogP contribution in [-0.4, -0.2) is 26.9 Å². The van der Waals surface area contributed by atoms with Gasteiger partial charge in [-0.05, 0) is 61.1 Å². The number of amides is 2. The van der Waals surface area contributed by atoms with Crippen molar-refractivity contribution in [3.05, 3.63) is 59.4 Å². The maximum atomic E-state index is 12.6. The number of nitrogens with one attached hydrogen (secondary N) is 2. The van der Waals surface area contributed by atoms with Gasteiger partial charge in [0.2, 0.25) is 11.8 Å². The summed E-state index contributed by atoms with van der Waals surface area (Å²) >= 11 is 0. The predicted octanol–water partition coefficient (Wildman–Crippen LogP) is 4.58. The first-order chi connectivity index (χ1) is 15.6. The molecule has 0 spiro atoms. The lowest BCUT2D eigenvalue weighted by molar-refractivity contribution is -0.117. The quantitative estimate of drug-likeness (QED) is 0.572. The van der Waals surface area contributed by atoms with Crippen LogP contribution in [0.2, 0.25) is 0 Å². The molecule has 2 heterocycles. The number of carbonyl (C=O) groups is 2. The topological polar surface area (TPSA) is 110 Å². The van der Waals surface area contributed by atoms with Crippen LogP contribution < -0.4 is 10.6 Å². The molecule has 1 unspecified atom stereocenters. The van der Waals surface area contributed by atoms with E-state index in [1.54, 1.807) is 6.20 Å². The molecular weight excluding hydrogens is 418 g/mol. The highest BCUT2D eigenvalue weighted by Crippen LogP contribution is 2.31. The lowest BCUT2D eigenvalue weighted by atomic mass is 9.97. The monoisotopic (exact) mass is 447 g/mol. The van der Waals surface area contributed by atoms with E-state index < -0.39 is 0 Å². The van der Waals surface area contributed by atoms with Gasteiger partial charge in [-0.15, -0.1) is 0 Å². The van der Waals surface area contributed by atoms with Crippen molar-refractivity contribution in [2.24, 2.45) is 5.92 Å². The van der Waals surface area contributed by atoms with Crippen LogP contribution in [0.1, 0.15) is 74.2 Å². The van der Waals surface area contributed by atoms with E-state index in [0.29, 0.717) is 11.7 Å². The van der Waals surface area contributed by atoms with Gasteiger partial charge in [0.05, 0.1) is 6.04 Å². The highest BCUT2D eigenvalue weighted by molar-refractivity contribution is 5.93. The molecule has 4 rings (SSSR count). The van der Waals surface area contributed by atoms with Crippen LogP contribution in [-0.2, 0) is 10.2 Å². The molecule has 0 radical (unpaired) electrons. The Morgan fingerprint density at radius 2 is 1.85 bits per heavy atom. The van der Waals surface area contributed by atoms with E-state index >= 15 is 0 Å². The van der Waals surface area contributed by atoms with Gasteiger partial charge in [0.25, 0.3) is 11.7 Å². The molecule has 172 valence electrons. The third-order valence-electron chi connectivity index (χ3n) is 5.65. The molecule has 8 heteroatoms. The fourth-order valence-corrected chi connectivity index (χ4v) is 3.55. The second kappa shape index (κ2) is 8.77. The summed E-state index contributed by atoms with van der Waals surface area (Å²) in [4.78, 5) is 33.1. The second-order valence-electron chi connectivity index (χ2n) is 9.63. The van der Waals surface area contributed by atoms with Crippen LogP contribution in [0.3, 0.4) is 0 Å². The Bertz CT molecular complexity index is 1190. The maximum absolute atomic E-state index is 12.6. The summed E-state index contributed by atoms with van der Waals surface area (Å²) in [5.41, 5.74) is 3.67. The average molecular weight is 448 g/mol. The Morgan fingerprint density at radius 3 is 2.48 bits per heavy atom. The van der Waals surface area contributed by atoms with Gasteiger partial charge >= 0.3 is 0 Å². The number of nitrogens with zero attached hydrogens (tertiary/aromatic N) is 3. The Labute approximate surface area is 193 Å². The van der Waals surface area contributed by atoms with Crippen LogP contribution in [0, 0.1) is 12.8 Å². The van der Waals surface area contributed by atoms with E-state index in [9.17, 15) is 9.59 Å². The number of aryl methyl sites for hydroxylation is 1. The van der Waals surface area contributed by atoms with Crippen LogP contribution >= 0.6 is 0 Å². The minimum Gasteiger partial charge on any atom is -0.343 e. The number of benzene rings is 1. The molecule has 1 aromatic carbocycles. The van der Waals surface area contributed by atoms with E-state index in [1.165, 1.54) is 0 Å². The average Bonchev–Trinajstić information content (AvgIpc) is 3.48. The van der Waals surface area contributed by atoms with Crippen molar-refractivity contribution in [3.63, 3.8) is 0 Å². The van der Waals surface area contributed by atoms with Crippen LogP contribution in [0.4, 0.5) is 5.82 Å². The van der Waals surface area contributed by atoms with E-state index in [0.717, 1.165) is 35.1 Å². The van der Waals surface area contributed by atoms with Gasteiger partial charge in [0.15, 0.2) is 0 Å². The molecule has 1 aliphatic rings. The van der Waals surface area contributed by atoms with Crippen molar-refractivity contribution in [2.45, 2.75) is 58.9 Å². The van der Waals surface area contributed by atoms with E-state index in [4.69, 9.17) is 4.52 Å². The largest absolute Gasteiger partial charge is 0.343 e. The van der Waals surface area contributed by atoms with Crippen molar-refractivity contribution >= 4 is 17.6 Å².